The second-order valence-corrected chi connectivity index (χ2v) is 6.62. The first-order valence-corrected chi connectivity index (χ1v) is 7.19. The van der Waals surface area contributed by atoms with Gasteiger partial charge in [0.1, 0.15) is 0 Å². The second-order valence-electron chi connectivity index (χ2n) is 6.19. The molecule has 0 aliphatic carbocycles. The van der Waals surface area contributed by atoms with E-state index in [4.69, 9.17) is 11.6 Å². The number of nitrogens with zero attached hydrogens (tertiary/aromatic N) is 2. The summed E-state index contributed by atoms with van der Waals surface area (Å²) in [7, 11) is 0. The third-order valence-electron chi connectivity index (χ3n) is 3.65. The van der Waals surface area contributed by atoms with E-state index >= 15 is 0 Å². The SMILES string of the molecule is CC(C)(C)N(C(=O)O)C1CCN(c2ccc(Cl)cc2)C1. The molecule has 0 radical (unpaired) electrons. The summed E-state index contributed by atoms with van der Waals surface area (Å²) < 4.78 is 0. The molecule has 1 amide bonds. The zero-order valence-electron chi connectivity index (χ0n) is 12.1. The van der Waals surface area contributed by atoms with Gasteiger partial charge >= 0.3 is 6.09 Å². The lowest BCUT2D eigenvalue weighted by molar-refractivity contribution is 0.0763. The summed E-state index contributed by atoms with van der Waals surface area (Å²) in [5, 5.41) is 10.2. The van der Waals surface area contributed by atoms with Crippen LogP contribution in [-0.2, 0) is 0 Å². The number of halogens is 1. The summed E-state index contributed by atoms with van der Waals surface area (Å²) in [4.78, 5) is 15.3. The van der Waals surface area contributed by atoms with E-state index in [-0.39, 0.29) is 11.6 Å². The topological polar surface area (TPSA) is 43.8 Å². The molecule has 1 N–H and O–H groups in total. The Hall–Kier alpha value is -1.42. The lowest BCUT2D eigenvalue weighted by Crippen LogP contribution is -2.52. The van der Waals surface area contributed by atoms with E-state index in [1.54, 1.807) is 4.90 Å². The maximum absolute atomic E-state index is 11.5. The summed E-state index contributed by atoms with van der Waals surface area (Å²) in [5.74, 6) is 0. The minimum Gasteiger partial charge on any atom is -0.465 e. The first-order valence-electron chi connectivity index (χ1n) is 6.82. The number of rotatable bonds is 2. The van der Waals surface area contributed by atoms with Gasteiger partial charge in [0.15, 0.2) is 0 Å². The fourth-order valence-electron chi connectivity index (χ4n) is 2.83. The Kier molecular flexibility index (Phi) is 4.14. The summed E-state index contributed by atoms with van der Waals surface area (Å²) in [5.41, 5.74) is 0.711. The monoisotopic (exact) mass is 296 g/mol. The average molecular weight is 297 g/mol. The number of carboxylic acid groups (broad SMARTS) is 1. The van der Waals surface area contributed by atoms with Crippen molar-refractivity contribution in [3.8, 4) is 0 Å². The molecule has 0 saturated carbocycles. The molecule has 0 bridgehead atoms. The van der Waals surface area contributed by atoms with Crippen LogP contribution in [0.2, 0.25) is 5.02 Å². The van der Waals surface area contributed by atoms with E-state index in [1.165, 1.54) is 0 Å². The van der Waals surface area contributed by atoms with Gasteiger partial charge in [-0.3, -0.25) is 4.90 Å². The van der Waals surface area contributed by atoms with Gasteiger partial charge in [0.05, 0.1) is 6.04 Å². The van der Waals surface area contributed by atoms with Crippen LogP contribution in [0.25, 0.3) is 0 Å². The Balaban J connectivity index is 2.11. The predicted octanol–water partition coefficient (Wildman–Crippen LogP) is 3.70. The minimum atomic E-state index is -0.847. The molecular weight excluding hydrogens is 276 g/mol. The highest BCUT2D eigenvalue weighted by molar-refractivity contribution is 6.30. The summed E-state index contributed by atoms with van der Waals surface area (Å²) in [6.07, 6.45) is 0.00657. The Morgan fingerprint density at radius 1 is 1.35 bits per heavy atom. The highest BCUT2D eigenvalue weighted by Crippen LogP contribution is 2.28. The van der Waals surface area contributed by atoms with E-state index < -0.39 is 6.09 Å². The van der Waals surface area contributed by atoms with Gasteiger partial charge in [-0.2, -0.15) is 0 Å². The molecule has 1 aromatic carbocycles. The van der Waals surface area contributed by atoms with Crippen LogP contribution in [0.5, 0.6) is 0 Å². The lowest BCUT2D eigenvalue weighted by atomic mass is 10.0. The molecule has 1 aliphatic rings. The minimum absolute atomic E-state index is 0.0307. The van der Waals surface area contributed by atoms with Gasteiger partial charge in [-0.15, -0.1) is 0 Å². The van der Waals surface area contributed by atoms with Crippen molar-refractivity contribution in [2.75, 3.05) is 18.0 Å². The van der Waals surface area contributed by atoms with Crippen LogP contribution in [0.4, 0.5) is 10.5 Å². The zero-order chi connectivity index (χ0) is 14.9. The molecule has 4 nitrogen and oxygen atoms in total. The van der Waals surface area contributed by atoms with Crippen molar-refractivity contribution in [1.29, 1.82) is 0 Å². The number of hydrogen-bond donors (Lipinski definition) is 1. The zero-order valence-corrected chi connectivity index (χ0v) is 12.9. The molecule has 1 heterocycles. The quantitative estimate of drug-likeness (QED) is 0.905. The molecule has 1 aliphatic heterocycles. The molecule has 0 spiro atoms. The summed E-state index contributed by atoms with van der Waals surface area (Å²) in [6.45, 7) is 7.40. The molecule has 0 aromatic heterocycles. The van der Waals surface area contributed by atoms with E-state index in [0.29, 0.717) is 5.02 Å². The van der Waals surface area contributed by atoms with Crippen LogP contribution in [0.15, 0.2) is 24.3 Å². The smallest absolute Gasteiger partial charge is 0.408 e. The molecule has 1 saturated heterocycles. The molecule has 1 fully saturated rings. The van der Waals surface area contributed by atoms with Crippen LogP contribution in [0, 0.1) is 0 Å². The Bertz CT molecular complexity index is 482. The van der Waals surface area contributed by atoms with Gasteiger partial charge in [0.25, 0.3) is 0 Å². The standard InChI is InChI=1S/C15H21ClN2O2/c1-15(2,3)18(14(19)20)13-8-9-17(10-13)12-6-4-11(16)5-7-12/h4-7,13H,8-10H2,1-3H3,(H,19,20). The first kappa shape index (κ1) is 15.0. The van der Waals surface area contributed by atoms with E-state index in [2.05, 4.69) is 4.90 Å². The Morgan fingerprint density at radius 2 is 1.95 bits per heavy atom. The van der Waals surface area contributed by atoms with Gasteiger partial charge in [-0.25, -0.2) is 4.79 Å². The van der Waals surface area contributed by atoms with Crippen molar-refractivity contribution in [3.05, 3.63) is 29.3 Å². The van der Waals surface area contributed by atoms with Gasteiger partial charge in [-0.1, -0.05) is 11.6 Å². The highest BCUT2D eigenvalue weighted by Gasteiger charge is 2.37. The van der Waals surface area contributed by atoms with Gasteiger partial charge in [0, 0.05) is 29.3 Å². The van der Waals surface area contributed by atoms with Crippen molar-refractivity contribution in [1.82, 2.24) is 4.90 Å². The largest absolute Gasteiger partial charge is 0.465 e. The third kappa shape index (κ3) is 3.18. The van der Waals surface area contributed by atoms with Crippen LogP contribution >= 0.6 is 11.6 Å². The molecule has 110 valence electrons. The summed E-state index contributed by atoms with van der Waals surface area (Å²) in [6, 6.07) is 7.72. The molecule has 2 rings (SSSR count). The molecule has 5 heteroatoms. The van der Waals surface area contributed by atoms with Crippen molar-refractivity contribution in [3.63, 3.8) is 0 Å². The normalized spacial score (nSPS) is 19.2. The van der Waals surface area contributed by atoms with E-state index in [0.717, 1.165) is 25.2 Å². The van der Waals surface area contributed by atoms with Gasteiger partial charge in [-0.05, 0) is 51.5 Å². The van der Waals surface area contributed by atoms with Crippen molar-refractivity contribution in [2.45, 2.75) is 38.8 Å². The van der Waals surface area contributed by atoms with E-state index in [9.17, 15) is 9.90 Å². The third-order valence-corrected chi connectivity index (χ3v) is 3.90. The summed E-state index contributed by atoms with van der Waals surface area (Å²) >= 11 is 5.89. The molecular formula is C15H21ClN2O2. The first-order chi connectivity index (χ1) is 9.29. The fourth-order valence-corrected chi connectivity index (χ4v) is 2.96. The average Bonchev–Trinajstić information content (AvgIpc) is 2.76. The molecule has 1 atom stereocenters. The number of anilines is 1. The maximum atomic E-state index is 11.5. The van der Waals surface area contributed by atoms with Gasteiger partial charge < -0.3 is 10.0 Å². The maximum Gasteiger partial charge on any atom is 0.408 e. The fraction of sp³-hybridized carbons (Fsp3) is 0.533. The Labute approximate surface area is 124 Å². The molecule has 20 heavy (non-hydrogen) atoms. The van der Waals surface area contributed by atoms with Crippen LogP contribution in [0.1, 0.15) is 27.2 Å². The number of carbonyl (C=O) groups is 1. The van der Waals surface area contributed by atoms with Crippen LogP contribution < -0.4 is 4.90 Å². The van der Waals surface area contributed by atoms with Crippen LogP contribution in [0.3, 0.4) is 0 Å². The highest BCUT2D eigenvalue weighted by atomic mass is 35.5. The lowest BCUT2D eigenvalue weighted by Gasteiger charge is -2.38. The van der Waals surface area contributed by atoms with Crippen LogP contribution in [-0.4, -0.2) is 40.8 Å². The van der Waals surface area contributed by atoms with Crippen molar-refractivity contribution in [2.24, 2.45) is 0 Å². The van der Waals surface area contributed by atoms with Crippen molar-refractivity contribution >= 4 is 23.4 Å². The van der Waals surface area contributed by atoms with E-state index in [1.807, 2.05) is 45.0 Å². The molecule has 1 unspecified atom stereocenters. The number of benzene rings is 1. The van der Waals surface area contributed by atoms with Crippen molar-refractivity contribution < 1.29 is 9.90 Å². The predicted molar refractivity (Wildman–Crippen MR) is 81.7 cm³/mol. The number of amides is 1. The Morgan fingerprint density at radius 3 is 2.45 bits per heavy atom. The van der Waals surface area contributed by atoms with Gasteiger partial charge in [0.2, 0.25) is 0 Å². The second kappa shape index (κ2) is 5.52. The number of hydrogen-bond acceptors (Lipinski definition) is 2. The molecule has 1 aromatic rings.